The fourth-order valence-corrected chi connectivity index (χ4v) is 5.47. The van der Waals surface area contributed by atoms with Crippen molar-refractivity contribution in [3.63, 3.8) is 0 Å². The molecule has 1 amide bonds. The van der Waals surface area contributed by atoms with Crippen LogP contribution in [0.25, 0.3) is 0 Å². The van der Waals surface area contributed by atoms with Crippen LogP contribution in [0.3, 0.4) is 0 Å². The average molecular weight is 603 g/mol. The van der Waals surface area contributed by atoms with Crippen molar-refractivity contribution < 1.29 is 19.0 Å². The van der Waals surface area contributed by atoms with Crippen molar-refractivity contribution in [3.05, 3.63) is 57.7 Å². The number of rotatable bonds is 11. The first-order chi connectivity index (χ1) is 18.4. The molecule has 3 aromatic rings. The van der Waals surface area contributed by atoms with Gasteiger partial charge in [0.25, 0.3) is 5.91 Å². The number of aromatic nitrogens is 3. The van der Waals surface area contributed by atoms with Gasteiger partial charge >= 0.3 is 0 Å². The highest BCUT2D eigenvalue weighted by Crippen LogP contribution is 2.43. The predicted molar refractivity (Wildman–Crippen MR) is 154 cm³/mol. The highest BCUT2D eigenvalue weighted by molar-refractivity contribution is 9.10. The number of para-hydroxylation sites is 2. The van der Waals surface area contributed by atoms with E-state index in [2.05, 4.69) is 33.5 Å². The summed E-state index contributed by atoms with van der Waals surface area (Å²) in [7, 11) is 1.59. The molecule has 11 heteroatoms. The number of benzene rings is 2. The minimum atomic E-state index is -0.574. The first-order valence-electron chi connectivity index (χ1n) is 12.5. The lowest BCUT2D eigenvalue weighted by Gasteiger charge is -2.29. The van der Waals surface area contributed by atoms with E-state index >= 15 is 0 Å². The van der Waals surface area contributed by atoms with Crippen molar-refractivity contribution in [2.75, 3.05) is 36.7 Å². The number of halogens is 1. The maximum absolute atomic E-state index is 13.9. The number of fused-ring (bicyclic) bond motifs is 1. The van der Waals surface area contributed by atoms with Crippen LogP contribution in [0.2, 0.25) is 0 Å². The number of nitrogens with one attached hydrogen (secondary N) is 2. The number of ether oxygens (including phenoxy) is 3. The van der Waals surface area contributed by atoms with Crippen LogP contribution in [0.5, 0.6) is 17.2 Å². The number of hydrogen-bond acceptors (Lipinski definition) is 8. The predicted octanol–water partition coefficient (Wildman–Crippen LogP) is 6.28. The first kappa shape index (κ1) is 27.8. The van der Waals surface area contributed by atoms with Gasteiger partial charge in [-0.2, -0.15) is 4.98 Å². The van der Waals surface area contributed by atoms with Crippen molar-refractivity contribution in [2.45, 2.75) is 45.3 Å². The van der Waals surface area contributed by atoms with Crippen LogP contribution in [0.1, 0.15) is 45.7 Å². The normalized spacial score (nSPS) is 14.5. The number of anilines is 2. The summed E-state index contributed by atoms with van der Waals surface area (Å²) < 4.78 is 19.7. The molecular weight excluding hydrogens is 570 g/mol. The number of carbonyl (C=O) groups is 1. The second kappa shape index (κ2) is 12.6. The van der Waals surface area contributed by atoms with E-state index in [4.69, 9.17) is 24.3 Å². The summed E-state index contributed by atoms with van der Waals surface area (Å²) in [4.78, 5) is 18.6. The second-order valence-corrected chi connectivity index (χ2v) is 10.3. The third-order valence-electron chi connectivity index (χ3n) is 5.80. The van der Waals surface area contributed by atoms with E-state index in [1.807, 2.05) is 57.2 Å². The number of amides is 1. The molecule has 0 radical (unpaired) electrons. The smallest absolute Gasteiger partial charge is 0.255 e. The van der Waals surface area contributed by atoms with E-state index in [0.717, 1.165) is 17.7 Å². The Balaban J connectivity index is 1.82. The van der Waals surface area contributed by atoms with Crippen molar-refractivity contribution in [2.24, 2.45) is 0 Å². The minimum absolute atomic E-state index is 0.278. The number of nitrogens with zero attached hydrogens (tertiary/aromatic N) is 3. The zero-order chi connectivity index (χ0) is 27.2. The molecule has 4 rings (SSSR count). The lowest BCUT2D eigenvalue weighted by atomic mass is 9.94. The Morgan fingerprint density at radius 3 is 2.63 bits per heavy atom. The zero-order valence-corrected chi connectivity index (χ0v) is 24.5. The molecule has 2 aromatic carbocycles. The molecule has 0 aliphatic carbocycles. The fourth-order valence-electron chi connectivity index (χ4n) is 4.21. The van der Waals surface area contributed by atoms with E-state index in [1.54, 1.807) is 23.6 Å². The van der Waals surface area contributed by atoms with Crippen LogP contribution < -0.4 is 24.8 Å². The lowest BCUT2D eigenvalue weighted by Crippen LogP contribution is -2.31. The zero-order valence-electron chi connectivity index (χ0n) is 22.1. The molecule has 1 unspecified atom stereocenters. The number of methoxy groups -OCH3 is 1. The van der Waals surface area contributed by atoms with E-state index in [9.17, 15) is 4.79 Å². The molecule has 1 atom stereocenters. The number of hydrogen-bond donors (Lipinski definition) is 2. The lowest BCUT2D eigenvalue weighted by molar-refractivity contribution is -0.113. The molecule has 1 aliphatic heterocycles. The van der Waals surface area contributed by atoms with E-state index in [-0.39, 0.29) is 5.91 Å². The van der Waals surface area contributed by atoms with Gasteiger partial charge in [0.05, 0.1) is 36.1 Å². The summed E-state index contributed by atoms with van der Waals surface area (Å²) in [5.41, 5.74) is 2.56. The maximum atomic E-state index is 13.9. The molecular formula is C27H32BrN5O4S. The van der Waals surface area contributed by atoms with Crippen LogP contribution in [0.4, 0.5) is 11.6 Å². The SMILES string of the molecule is CCCSc1nc2n(n1)C(c1cc(Br)c(OCC)c(OC)c1)C(C(=O)Nc1ccccc1OCC)=C(C)N2. The molecule has 1 aromatic heterocycles. The largest absolute Gasteiger partial charge is 0.493 e. The van der Waals surface area contributed by atoms with Crippen molar-refractivity contribution >= 4 is 45.2 Å². The van der Waals surface area contributed by atoms with Gasteiger partial charge in [-0.3, -0.25) is 4.79 Å². The molecule has 0 saturated heterocycles. The molecule has 0 saturated carbocycles. The Labute approximate surface area is 235 Å². The van der Waals surface area contributed by atoms with Crippen LogP contribution in [-0.2, 0) is 4.79 Å². The molecule has 2 N–H and O–H groups in total. The molecule has 0 bridgehead atoms. The third kappa shape index (κ3) is 5.78. The highest BCUT2D eigenvalue weighted by atomic mass is 79.9. The molecule has 38 heavy (non-hydrogen) atoms. The number of thioether (sulfide) groups is 1. The number of allylic oxidation sites excluding steroid dienone is 1. The van der Waals surface area contributed by atoms with Gasteiger partial charge < -0.3 is 24.8 Å². The van der Waals surface area contributed by atoms with E-state index in [0.29, 0.717) is 63.0 Å². The van der Waals surface area contributed by atoms with Crippen LogP contribution in [0.15, 0.2) is 57.3 Å². The van der Waals surface area contributed by atoms with Gasteiger partial charge in [-0.1, -0.05) is 30.8 Å². The molecule has 0 fully saturated rings. The summed E-state index contributed by atoms with van der Waals surface area (Å²) in [5.74, 6) is 2.94. The fraction of sp³-hybridized carbons (Fsp3) is 0.370. The Hall–Kier alpha value is -3.18. The van der Waals surface area contributed by atoms with Gasteiger partial charge in [0.2, 0.25) is 11.1 Å². The summed E-state index contributed by atoms with van der Waals surface area (Å²) in [5, 5.41) is 11.8. The van der Waals surface area contributed by atoms with Crippen molar-refractivity contribution in [3.8, 4) is 17.2 Å². The molecule has 0 spiro atoms. The van der Waals surface area contributed by atoms with Crippen molar-refractivity contribution in [1.29, 1.82) is 0 Å². The maximum Gasteiger partial charge on any atom is 0.255 e. The Morgan fingerprint density at radius 2 is 1.92 bits per heavy atom. The summed E-state index contributed by atoms with van der Waals surface area (Å²) in [6.45, 7) is 8.77. The molecule has 1 aliphatic rings. The average Bonchev–Trinajstić information content (AvgIpc) is 3.31. The number of carbonyl (C=O) groups excluding carboxylic acids is 1. The standard InChI is InChI=1S/C27H32BrN5O4S/c1-6-13-38-27-31-26-29-16(4)22(25(34)30-19-11-9-10-12-20(19)36-7-2)23(33(26)32-27)17-14-18(28)24(37-8-3)21(15-17)35-5/h9-12,14-15,23H,6-8,13H2,1-5H3,(H,30,34)(H,29,31,32). The van der Waals surface area contributed by atoms with E-state index in [1.165, 1.54) is 0 Å². The summed E-state index contributed by atoms with van der Waals surface area (Å²) >= 11 is 5.21. The quantitative estimate of drug-likeness (QED) is 0.248. The summed E-state index contributed by atoms with van der Waals surface area (Å²) in [6.07, 6.45) is 0.999. The molecule has 9 nitrogen and oxygen atoms in total. The first-order valence-corrected chi connectivity index (χ1v) is 14.3. The van der Waals surface area contributed by atoms with Crippen molar-refractivity contribution in [1.82, 2.24) is 14.8 Å². The Bertz CT molecular complexity index is 1340. The van der Waals surface area contributed by atoms with Gasteiger partial charge in [0.15, 0.2) is 11.5 Å². The van der Waals surface area contributed by atoms with E-state index < -0.39 is 6.04 Å². The second-order valence-electron chi connectivity index (χ2n) is 8.43. The summed E-state index contributed by atoms with van der Waals surface area (Å²) in [6, 6.07) is 10.6. The molecule has 202 valence electrons. The van der Waals surface area contributed by atoms with Gasteiger partial charge in [0.1, 0.15) is 11.8 Å². The Kier molecular flexibility index (Phi) is 9.22. The topological polar surface area (TPSA) is 99.5 Å². The monoisotopic (exact) mass is 601 g/mol. The van der Waals surface area contributed by atoms with Crippen LogP contribution in [0, 0.1) is 0 Å². The molecule has 2 heterocycles. The van der Waals surface area contributed by atoms with Gasteiger partial charge in [0, 0.05) is 11.4 Å². The van der Waals surface area contributed by atoms with Crippen LogP contribution in [-0.4, -0.2) is 46.7 Å². The Morgan fingerprint density at radius 1 is 1.16 bits per heavy atom. The van der Waals surface area contributed by atoms with Crippen LogP contribution >= 0.6 is 27.7 Å². The highest BCUT2D eigenvalue weighted by Gasteiger charge is 2.35. The minimum Gasteiger partial charge on any atom is -0.493 e. The van der Waals surface area contributed by atoms with Gasteiger partial charge in [-0.15, -0.1) is 5.10 Å². The van der Waals surface area contributed by atoms with Gasteiger partial charge in [-0.25, -0.2) is 4.68 Å². The van der Waals surface area contributed by atoms with Gasteiger partial charge in [-0.05, 0) is 73.0 Å². The third-order valence-corrected chi connectivity index (χ3v) is 7.44.